The Labute approximate surface area is 133 Å². The number of hydrogen-bond acceptors (Lipinski definition) is 5. The third-order valence-electron chi connectivity index (χ3n) is 3.66. The van der Waals surface area contributed by atoms with E-state index in [0.29, 0.717) is 11.7 Å². The van der Waals surface area contributed by atoms with Crippen LogP contribution in [0.5, 0.6) is 0 Å². The fourth-order valence-electron chi connectivity index (χ4n) is 2.56. The molecule has 2 aromatic heterocycles. The molecule has 3 heterocycles. The Bertz CT molecular complexity index is 634. The fourth-order valence-corrected chi connectivity index (χ4v) is 2.66. The van der Waals surface area contributed by atoms with Gasteiger partial charge in [-0.2, -0.15) is 0 Å². The van der Waals surface area contributed by atoms with E-state index in [9.17, 15) is 4.79 Å². The van der Waals surface area contributed by atoms with Gasteiger partial charge in [-0.1, -0.05) is 11.6 Å². The molecule has 3 rings (SSSR count). The topological polar surface area (TPSA) is 71.0 Å². The van der Waals surface area contributed by atoms with Crippen LogP contribution in [0.15, 0.2) is 36.7 Å². The minimum absolute atomic E-state index is 0.0135. The van der Waals surface area contributed by atoms with E-state index in [1.54, 1.807) is 24.5 Å². The summed E-state index contributed by atoms with van der Waals surface area (Å²) in [6.45, 7) is 1.50. The van der Waals surface area contributed by atoms with Crippen LogP contribution in [0, 0.1) is 5.92 Å². The second kappa shape index (κ2) is 6.70. The van der Waals surface area contributed by atoms with E-state index >= 15 is 0 Å². The number of amides is 1. The number of hydrogen-bond donors (Lipinski definition) is 1. The number of nitrogens with zero attached hydrogens (tertiary/aromatic N) is 4. The highest BCUT2D eigenvalue weighted by molar-refractivity contribution is 6.29. The van der Waals surface area contributed by atoms with E-state index < -0.39 is 0 Å². The van der Waals surface area contributed by atoms with Crippen molar-refractivity contribution < 1.29 is 4.79 Å². The number of halogens is 1. The molecule has 1 aliphatic rings. The molecule has 0 aliphatic carbocycles. The molecule has 1 aliphatic heterocycles. The molecule has 1 fully saturated rings. The third-order valence-corrected chi connectivity index (χ3v) is 3.86. The summed E-state index contributed by atoms with van der Waals surface area (Å²) in [5.41, 5.74) is 0.718. The van der Waals surface area contributed by atoms with Gasteiger partial charge in [-0.25, -0.2) is 0 Å². The van der Waals surface area contributed by atoms with E-state index in [2.05, 4.69) is 25.4 Å². The first-order valence-corrected chi connectivity index (χ1v) is 7.55. The van der Waals surface area contributed by atoms with Crippen molar-refractivity contribution >= 4 is 29.0 Å². The number of pyridine rings is 1. The Morgan fingerprint density at radius 3 is 2.95 bits per heavy atom. The molecular weight excluding hydrogens is 302 g/mol. The lowest BCUT2D eigenvalue weighted by molar-refractivity contribution is -0.120. The number of carbonyl (C=O) groups excluding carboxylic acids is 1. The van der Waals surface area contributed by atoms with Gasteiger partial charge in [0.15, 0.2) is 11.0 Å². The van der Waals surface area contributed by atoms with Crippen molar-refractivity contribution in [2.75, 3.05) is 23.3 Å². The molecule has 0 saturated carbocycles. The Morgan fingerprint density at radius 1 is 1.32 bits per heavy atom. The number of nitrogens with one attached hydrogen (secondary N) is 1. The van der Waals surface area contributed by atoms with Gasteiger partial charge in [0.2, 0.25) is 5.91 Å². The largest absolute Gasteiger partial charge is 0.354 e. The summed E-state index contributed by atoms with van der Waals surface area (Å²) < 4.78 is 0. The van der Waals surface area contributed by atoms with Crippen LogP contribution >= 0.6 is 11.6 Å². The molecule has 1 amide bonds. The van der Waals surface area contributed by atoms with Gasteiger partial charge in [0.05, 0.1) is 17.8 Å². The summed E-state index contributed by atoms with van der Waals surface area (Å²) in [5, 5.41) is 11.2. The van der Waals surface area contributed by atoms with E-state index in [-0.39, 0.29) is 11.8 Å². The van der Waals surface area contributed by atoms with Gasteiger partial charge >= 0.3 is 0 Å². The van der Waals surface area contributed by atoms with Gasteiger partial charge in [-0.3, -0.25) is 9.78 Å². The van der Waals surface area contributed by atoms with Gasteiger partial charge in [0.1, 0.15) is 0 Å². The van der Waals surface area contributed by atoms with Gasteiger partial charge in [-0.15, -0.1) is 10.2 Å². The lowest BCUT2D eigenvalue weighted by atomic mass is 9.97. The zero-order valence-electron chi connectivity index (χ0n) is 11.9. The highest BCUT2D eigenvalue weighted by Gasteiger charge is 2.26. The van der Waals surface area contributed by atoms with Crippen LogP contribution < -0.4 is 10.2 Å². The lowest BCUT2D eigenvalue weighted by Gasteiger charge is -2.32. The van der Waals surface area contributed by atoms with Crippen molar-refractivity contribution in [3.8, 4) is 0 Å². The fraction of sp³-hybridized carbons (Fsp3) is 0.333. The standard InChI is InChI=1S/C15H16ClN5O/c16-13-5-6-14(20-19-13)21-8-2-3-11(10-21)15(22)18-12-4-1-7-17-9-12/h1,4-7,9,11H,2-3,8,10H2,(H,18,22). The zero-order chi connectivity index (χ0) is 15.4. The van der Waals surface area contributed by atoms with Gasteiger partial charge in [-0.05, 0) is 37.1 Å². The van der Waals surface area contributed by atoms with Gasteiger partial charge in [0.25, 0.3) is 0 Å². The van der Waals surface area contributed by atoms with Gasteiger partial charge in [0, 0.05) is 19.3 Å². The second-order valence-electron chi connectivity index (χ2n) is 5.23. The molecule has 114 valence electrons. The van der Waals surface area contributed by atoms with Crippen LogP contribution in [-0.2, 0) is 4.79 Å². The number of rotatable bonds is 3. The van der Waals surface area contributed by atoms with Crippen molar-refractivity contribution in [3.05, 3.63) is 41.8 Å². The maximum absolute atomic E-state index is 12.4. The Balaban J connectivity index is 1.65. The number of carbonyl (C=O) groups is 1. The molecule has 0 radical (unpaired) electrons. The van der Waals surface area contributed by atoms with Crippen LogP contribution in [0.2, 0.25) is 5.15 Å². The van der Waals surface area contributed by atoms with Crippen LogP contribution in [0.1, 0.15) is 12.8 Å². The summed E-state index contributed by atoms with van der Waals surface area (Å²) in [6.07, 6.45) is 5.12. The minimum atomic E-state index is -0.0774. The first-order chi connectivity index (χ1) is 10.7. The highest BCUT2D eigenvalue weighted by Crippen LogP contribution is 2.22. The van der Waals surface area contributed by atoms with E-state index in [1.807, 2.05) is 12.1 Å². The summed E-state index contributed by atoms with van der Waals surface area (Å²) in [4.78, 5) is 18.4. The van der Waals surface area contributed by atoms with Crippen molar-refractivity contribution in [2.24, 2.45) is 5.92 Å². The molecule has 22 heavy (non-hydrogen) atoms. The molecule has 1 unspecified atom stereocenters. The van der Waals surface area contributed by atoms with Crippen LogP contribution in [0.3, 0.4) is 0 Å². The molecule has 2 aromatic rings. The molecule has 6 nitrogen and oxygen atoms in total. The smallest absolute Gasteiger partial charge is 0.229 e. The predicted molar refractivity (Wildman–Crippen MR) is 84.8 cm³/mol. The second-order valence-corrected chi connectivity index (χ2v) is 5.62. The van der Waals surface area contributed by atoms with Crippen LogP contribution in [0.4, 0.5) is 11.5 Å². The molecule has 1 atom stereocenters. The highest BCUT2D eigenvalue weighted by atomic mass is 35.5. The summed E-state index contributed by atoms with van der Waals surface area (Å²) in [5.74, 6) is 0.689. The monoisotopic (exact) mass is 317 g/mol. The van der Waals surface area contributed by atoms with Gasteiger partial charge < -0.3 is 10.2 Å². The van der Waals surface area contributed by atoms with E-state index in [0.717, 1.165) is 30.9 Å². The van der Waals surface area contributed by atoms with Crippen LogP contribution in [0.25, 0.3) is 0 Å². The third kappa shape index (κ3) is 3.51. The molecule has 0 aromatic carbocycles. The molecular formula is C15H16ClN5O. The summed E-state index contributed by atoms with van der Waals surface area (Å²) in [7, 11) is 0. The summed E-state index contributed by atoms with van der Waals surface area (Å²) in [6, 6.07) is 7.17. The molecule has 1 N–H and O–H groups in total. The zero-order valence-corrected chi connectivity index (χ0v) is 12.7. The van der Waals surface area contributed by atoms with E-state index in [1.165, 1.54) is 0 Å². The first-order valence-electron chi connectivity index (χ1n) is 7.17. The van der Waals surface area contributed by atoms with Crippen LogP contribution in [-0.4, -0.2) is 34.2 Å². The Morgan fingerprint density at radius 2 is 2.23 bits per heavy atom. The van der Waals surface area contributed by atoms with Crippen molar-refractivity contribution in [2.45, 2.75) is 12.8 Å². The quantitative estimate of drug-likeness (QED) is 0.941. The Hall–Kier alpha value is -2.21. The van der Waals surface area contributed by atoms with Crippen molar-refractivity contribution in [1.29, 1.82) is 0 Å². The maximum atomic E-state index is 12.4. The lowest BCUT2D eigenvalue weighted by Crippen LogP contribution is -2.41. The Kier molecular flexibility index (Phi) is 4.48. The number of piperidine rings is 1. The normalized spacial score (nSPS) is 18.0. The molecule has 0 bridgehead atoms. The van der Waals surface area contributed by atoms with Crippen molar-refractivity contribution in [1.82, 2.24) is 15.2 Å². The minimum Gasteiger partial charge on any atom is -0.354 e. The average molecular weight is 318 g/mol. The SMILES string of the molecule is O=C(Nc1cccnc1)C1CCCN(c2ccc(Cl)nn2)C1. The van der Waals surface area contributed by atoms with Crippen molar-refractivity contribution in [3.63, 3.8) is 0 Å². The summed E-state index contributed by atoms with van der Waals surface area (Å²) >= 11 is 5.76. The predicted octanol–water partition coefficient (Wildman–Crippen LogP) is 2.38. The molecule has 7 heteroatoms. The first kappa shape index (κ1) is 14.7. The number of anilines is 2. The maximum Gasteiger partial charge on any atom is 0.229 e. The molecule has 0 spiro atoms. The number of aromatic nitrogens is 3. The van der Waals surface area contributed by atoms with E-state index in [4.69, 9.17) is 11.6 Å². The molecule has 1 saturated heterocycles. The average Bonchev–Trinajstić information content (AvgIpc) is 2.56.